The van der Waals surface area contributed by atoms with Gasteiger partial charge in [-0.15, -0.1) is 0 Å². The summed E-state index contributed by atoms with van der Waals surface area (Å²) in [6.07, 6.45) is 3.90. The second-order valence-corrected chi connectivity index (χ2v) is 10.3. The second kappa shape index (κ2) is 10.4. The first-order valence-electron chi connectivity index (χ1n) is 10.4. The summed E-state index contributed by atoms with van der Waals surface area (Å²) >= 11 is 10.4. The molecule has 0 bridgehead atoms. The summed E-state index contributed by atoms with van der Waals surface area (Å²) in [7, 11) is 1.60. The van der Waals surface area contributed by atoms with Crippen molar-refractivity contribution in [3.05, 3.63) is 62.5 Å². The van der Waals surface area contributed by atoms with Gasteiger partial charge in [-0.2, -0.15) is 0 Å². The summed E-state index contributed by atoms with van der Waals surface area (Å²) in [6.45, 7) is 3.75. The number of hydrogen-bond donors (Lipinski definition) is 0. The van der Waals surface area contributed by atoms with Crippen LogP contribution in [0.3, 0.4) is 0 Å². The first kappa shape index (κ1) is 23.3. The van der Waals surface area contributed by atoms with Crippen LogP contribution in [-0.4, -0.2) is 41.5 Å². The van der Waals surface area contributed by atoms with E-state index in [0.29, 0.717) is 33.9 Å². The van der Waals surface area contributed by atoms with Crippen molar-refractivity contribution in [2.45, 2.75) is 32.5 Å². The zero-order valence-electron chi connectivity index (χ0n) is 17.9. The Labute approximate surface area is 206 Å². The van der Waals surface area contributed by atoms with E-state index in [1.807, 2.05) is 30.3 Å². The predicted octanol–water partition coefficient (Wildman–Crippen LogP) is 5.73. The molecule has 2 fully saturated rings. The molecule has 2 aromatic rings. The van der Waals surface area contributed by atoms with Crippen molar-refractivity contribution < 1.29 is 19.0 Å². The number of carbonyl (C=O) groups is 1. The number of benzene rings is 2. The van der Waals surface area contributed by atoms with Gasteiger partial charge in [-0.1, -0.05) is 53.8 Å². The highest BCUT2D eigenvalue weighted by atomic mass is 79.9. The van der Waals surface area contributed by atoms with Gasteiger partial charge in [0, 0.05) is 6.61 Å². The first-order valence-corrected chi connectivity index (χ1v) is 12.4. The van der Waals surface area contributed by atoms with Gasteiger partial charge in [-0.3, -0.25) is 9.69 Å². The number of ether oxygens (including phenoxy) is 3. The van der Waals surface area contributed by atoms with Crippen LogP contribution in [0.5, 0.6) is 11.5 Å². The minimum Gasteiger partial charge on any atom is -0.493 e. The van der Waals surface area contributed by atoms with Crippen LogP contribution < -0.4 is 9.47 Å². The third-order valence-electron chi connectivity index (χ3n) is 5.34. The van der Waals surface area contributed by atoms with Crippen LogP contribution in [0.25, 0.3) is 6.08 Å². The topological polar surface area (TPSA) is 48.0 Å². The second-order valence-electron chi connectivity index (χ2n) is 7.74. The third-order valence-corrected chi connectivity index (χ3v) is 7.30. The van der Waals surface area contributed by atoms with Crippen LogP contribution in [0.2, 0.25) is 0 Å². The minimum absolute atomic E-state index is 0.0658. The molecule has 2 heterocycles. The van der Waals surface area contributed by atoms with Crippen molar-refractivity contribution in [3.63, 3.8) is 0 Å². The number of carbonyl (C=O) groups excluding carboxylic acids is 1. The Morgan fingerprint density at radius 3 is 2.78 bits per heavy atom. The molecular formula is C24H24BrNO4S2. The molecular weight excluding hydrogens is 510 g/mol. The van der Waals surface area contributed by atoms with Crippen LogP contribution in [0.15, 0.2) is 45.8 Å². The number of methoxy groups -OCH3 is 1. The molecule has 0 aliphatic carbocycles. The maximum absolute atomic E-state index is 12.9. The molecule has 2 aliphatic heterocycles. The lowest BCUT2D eigenvalue weighted by Crippen LogP contribution is -2.35. The Hall–Kier alpha value is -1.87. The molecule has 8 heteroatoms. The smallest absolute Gasteiger partial charge is 0.266 e. The van der Waals surface area contributed by atoms with E-state index in [2.05, 4.69) is 35.0 Å². The van der Waals surface area contributed by atoms with Crippen LogP contribution in [0.4, 0.5) is 0 Å². The van der Waals surface area contributed by atoms with E-state index >= 15 is 0 Å². The quantitative estimate of drug-likeness (QED) is 0.334. The summed E-state index contributed by atoms with van der Waals surface area (Å²) in [5.41, 5.74) is 3.11. The van der Waals surface area contributed by atoms with Crippen LogP contribution >= 0.6 is 39.9 Å². The fourth-order valence-electron chi connectivity index (χ4n) is 3.60. The molecule has 32 heavy (non-hydrogen) atoms. The van der Waals surface area contributed by atoms with Crippen molar-refractivity contribution in [1.82, 2.24) is 4.90 Å². The number of halogens is 1. The monoisotopic (exact) mass is 533 g/mol. The van der Waals surface area contributed by atoms with Gasteiger partial charge in [0.2, 0.25) is 0 Å². The lowest BCUT2D eigenvalue weighted by Gasteiger charge is -2.18. The fraction of sp³-hybridized carbons (Fsp3) is 0.333. The van der Waals surface area contributed by atoms with Crippen LogP contribution in [0, 0.1) is 6.92 Å². The average molecular weight is 534 g/mol. The van der Waals surface area contributed by atoms with Crippen molar-refractivity contribution in [2.24, 2.45) is 0 Å². The third kappa shape index (κ3) is 5.36. The Bertz CT molecular complexity index is 1050. The highest BCUT2D eigenvalue weighted by molar-refractivity contribution is 9.10. The SMILES string of the molecule is COc1cc(/C=C2\SC(=S)N(C[C@@H]3CCCO3)C2=O)cc(Br)c1OCc1ccc(C)cc1. The molecule has 5 nitrogen and oxygen atoms in total. The number of thioether (sulfide) groups is 1. The average Bonchev–Trinajstić information content (AvgIpc) is 3.38. The maximum atomic E-state index is 12.9. The zero-order chi connectivity index (χ0) is 22.7. The van der Waals surface area contributed by atoms with Crippen molar-refractivity contribution in [1.29, 1.82) is 0 Å². The summed E-state index contributed by atoms with van der Waals surface area (Å²) in [5.74, 6) is 1.13. The van der Waals surface area contributed by atoms with Crippen LogP contribution in [-0.2, 0) is 16.1 Å². The standard InChI is InChI=1S/C24H24BrNO4S2/c1-15-5-7-16(8-6-15)14-30-22-19(25)10-17(11-20(22)28-2)12-21-23(27)26(24(31)32-21)13-18-4-3-9-29-18/h5-8,10-12,18H,3-4,9,13-14H2,1-2H3/b21-12-/t18-/m0/s1. The molecule has 1 amide bonds. The summed E-state index contributed by atoms with van der Waals surface area (Å²) < 4.78 is 18.6. The van der Waals surface area contributed by atoms with Gasteiger partial charge < -0.3 is 14.2 Å². The maximum Gasteiger partial charge on any atom is 0.266 e. The Morgan fingerprint density at radius 1 is 1.31 bits per heavy atom. The molecule has 0 aromatic heterocycles. The number of rotatable bonds is 7. The molecule has 0 saturated carbocycles. The molecule has 2 aliphatic rings. The lowest BCUT2D eigenvalue weighted by atomic mass is 10.1. The van der Waals surface area contributed by atoms with E-state index in [1.165, 1.54) is 17.3 Å². The largest absolute Gasteiger partial charge is 0.493 e. The van der Waals surface area contributed by atoms with Gasteiger partial charge in [0.15, 0.2) is 11.5 Å². The number of nitrogens with zero attached hydrogens (tertiary/aromatic N) is 1. The van der Waals surface area contributed by atoms with Gasteiger partial charge in [-0.25, -0.2) is 0 Å². The van der Waals surface area contributed by atoms with Gasteiger partial charge in [0.25, 0.3) is 5.91 Å². The first-order chi connectivity index (χ1) is 15.4. The Morgan fingerprint density at radius 2 is 2.09 bits per heavy atom. The minimum atomic E-state index is -0.0784. The van der Waals surface area contributed by atoms with Crippen molar-refractivity contribution in [2.75, 3.05) is 20.3 Å². The number of hydrogen-bond acceptors (Lipinski definition) is 6. The van der Waals surface area contributed by atoms with Gasteiger partial charge in [-0.05, 0) is 65.0 Å². The van der Waals surface area contributed by atoms with E-state index in [-0.39, 0.29) is 12.0 Å². The molecule has 168 valence electrons. The van der Waals surface area contributed by atoms with Gasteiger partial charge in [0.1, 0.15) is 10.9 Å². The normalized spacial score (nSPS) is 19.8. The summed E-state index contributed by atoms with van der Waals surface area (Å²) in [6, 6.07) is 12.0. The number of thiocarbonyl (C=S) groups is 1. The van der Waals surface area contributed by atoms with Crippen molar-refractivity contribution >= 4 is 56.2 Å². The molecule has 0 N–H and O–H groups in total. The van der Waals surface area contributed by atoms with E-state index < -0.39 is 0 Å². The van der Waals surface area contributed by atoms with E-state index in [1.54, 1.807) is 12.0 Å². The molecule has 4 rings (SSSR count). The highest BCUT2D eigenvalue weighted by Crippen LogP contribution is 2.39. The summed E-state index contributed by atoms with van der Waals surface area (Å²) in [5, 5.41) is 0. The van der Waals surface area contributed by atoms with E-state index in [0.717, 1.165) is 35.0 Å². The molecule has 2 saturated heterocycles. The zero-order valence-corrected chi connectivity index (χ0v) is 21.1. The number of amides is 1. The van der Waals surface area contributed by atoms with Gasteiger partial charge in [0.05, 0.1) is 29.1 Å². The predicted molar refractivity (Wildman–Crippen MR) is 135 cm³/mol. The molecule has 1 atom stereocenters. The molecule has 0 spiro atoms. The molecule has 0 unspecified atom stereocenters. The van der Waals surface area contributed by atoms with Crippen molar-refractivity contribution in [3.8, 4) is 11.5 Å². The van der Waals surface area contributed by atoms with Crippen LogP contribution in [0.1, 0.15) is 29.5 Å². The fourth-order valence-corrected chi connectivity index (χ4v) is 5.45. The lowest BCUT2D eigenvalue weighted by molar-refractivity contribution is -0.123. The summed E-state index contributed by atoms with van der Waals surface area (Å²) in [4.78, 5) is 15.2. The van der Waals surface area contributed by atoms with E-state index in [9.17, 15) is 4.79 Å². The number of aryl methyl sites for hydroxylation is 1. The molecule has 0 radical (unpaired) electrons. The Balaban J connectivity index is 1.50. The molecule has 2 aromatic carbocycles. The Kier molecular flexibility index (Phi) is 7.55. The van der Waals surface area contributed by atoms with Gasteiger partial charge >= 0.3 is 0 Å². The van der Waals surface area contributed by atoms with E-state index in [4.69, 9.17) is 26.4 Å². The highest BCUT2D eigenvalue weighted by Gasteiger charge is 2.34.